The molecular formula is C32H29F5N4O5. The third-order valence-electron chi connectivity index (χ3n) is 7.64. The molecule has 0 unspecified atom stereocenters. The number of ether oxygens (including phenoxy) is 2. The summed E-state index contributed by atoms with van der Waals surface area (Å²) in [5.41, 5.74) is -0.725. The third-order valence-corrected chi connectivity index (χ3v) is 7.64. The Morgan fingerprint density at radius 2 is 1.72 bits per heavy atom. The summed E-state index contributed by atoms with van der Waals surface area (Å²) in [6.45, 7) is 2.11. The average Bonchev–Trinajstić information content (AvgIpc) is 3.51. The van der Waals surface area contributed by atoms with E-state index in [1.165, 1.54) is 48.2 Å². The van der Waals surface area contributed by atoms with Gasteiger partial charge in [0.25, 0.3) is 6.43 Å². The lowest BCUT2D eigenvalue weighted by molar-refractivity contribution is -0.143. The summed E-state index contributed by atoms with van der Waals surface area (Å²) in [5.74, 6) is -1.50. The van der Waals surface area contributed by atoms with Crippen molar-refractivity contribution < 1.29 is 46.1 Å². The Bertz CT molecular complexity index is 1700. The molecular weight excluding hydrogens is 615 g/mol. The molecule has 0 radical (unpaired) electrons. The number of piperidine rings is 1. The van der Waals surface area contributed by atoms with Gasteiger partial charge in [-0.15, -0.1) is 0 Å². The molecule has 1 amide bonds. The molecule has 5 rings (SSSR count). The van der Waals surface area contributed by atoms with Crippen LogP contribution in [0, 0.1) is 0 Å². The van der Waals surface area contributed by atoms with Gasteiger partial charge in [0.05, 0.1) is 24.1 Å². The number of rotatable bonds is 9. The van der Waals surface area contributed by atoms with Gasteiger partial charge in [0.15, 0.2) is 11.5 Å². The number of aromatic nitrogens is 3. The van der Waals surface area contributed by atoms with E-state index >= 15 is 0 Å². The number of pyridine rings is 1. The number of para-hydroxylation sites is 1. The van der Waals surface area contributed by atoms with Crippen molar-refractivity contribution in [3.05, 3.63) is 94.8 Å². The second-order valence-corrected chi connectivity index (χ2v) is 10.5. The van der Waals surface area contributed by atoms with E-state index in [-0.39, 0.29) is 42.0 Å². The molecule has 0 spiro atoms. The monoisotopic (exact) mass is 644 g/mol. The zero-order chi connectivity index (χ0) is 33.0. The maximum absolute atomic E-state index is 14.1. The summed E-state index contributed by atoms with van der Waals surface area (Å²) in [7, 11) is 0. The Kier molecular flexibility index (Phi) is 9.54. The van der Waals surface area contributed by atoms with Crippen LogP contribution < -0.4 is 4.74 Å². The highest BCUT2D eigenvalue weighted by molar-refractivity contribution is 5.90. The van der Waals surface area contributed by atoms with Gasteiger partial charge in [-0.25, -0.2) is 28.0 Å². The quantitative estimate of drug-likeness (QED) is 0.149. The first-order chi connectivity index (χ1) is 22.0. The van der Waals surface area contributed by atoms with E-state index in [0.717, 1.165) is 11.8 Å². The Hall–Kier alpha value is -5.01. The van der Waals surface area contributed by atoms with Crippen molar-refractivity contribution in [1.29, 1.82) is 0 Å². The average molecular weight is 645 g/mol. The van der Waals surface area contributed by atoms with Gasteiger partial charge in [-0.1, -0.05) is 36.4 Å². The van der Waals surface area contributed by atoms with Crippen LogP contribution in [0.25, 0.3) is 17.1 Å². The predicted molar refractivity (Wildman–Crippen MR) is 155 cm³/mol. The van der Waals surface area contributed by atoms with Gasteiger partial charge in [-0.3, -0.25) is 0 Å². The molecule has 1 aliphatic heterocycles. The fourth-order valence-corrected chi connectivity index (χ4v) is 5.38. The van der Waals surface area contributed by atoms with Gasteiger partial charge in [-0.2, -0.15) is 18.3 Å². The number of likely N-dealkylation sites (tertiary alicyclic amines) is 1. The van der Waals surface area contributed by atoms with E-state index in [1.54, 1.807) is 12.1 Å². The Morgan fingerprint density at radius 3 is 2.35 bits per heavy atom. The van der Waals surface area contributed by atoms with Crippen LogP contribution in [0.3, 0.4) is 0 Å². The van der Waals surface area contributed by atoms with Crippen molar-refractivity contribution in [2.45, 2.75) is 44.9 Å². The number of carbonyl (C=O) groups excluding carboxylic acids is 1. The summed E-state index contributed by atoms with van der Waals surface area (Å²) < 4.78 is 81.6. The van der Waals surface area contributed by atoms with Crippen molar-refractivity contribution in [1.82, 2.24) is 19.7 Å². The largest absolute Gasteiger partial charge is 0.488 e. The lowest BCUT2D eigenvalue weighted by Crippen LogP contribution is -2.36. The maximum Gasteiger partial charge on any atom is 0.434 e. The molecule has 1 N–H and O–H groups in total. The number of benzene rings is 2. The van der Waals surface area contributed by atoms with Crippen molar-refractivity contribution in [3.63, 3.8) is 0 Å². The highest BCUT2D eigenvalue weighted by Crippen LogP contribution is 2.39. The molecule has 9 nitrogen and oxygen atoms in total. The Morgan fingerprint density at radius 1 is 1.02 bits per heavy atom. The van der Waals surface area contributed by atoms with Crippen LogP contribution in [-0.4, -0.2) is 56.5 Å². The second kappa shape index (κ2) is 13.5. The Balaban J connectivity index is 1.42. The molecule has 14 heteroatoms. The first-order valence-electron chi connectivity index (χ1n) is 14.4. The molecule has 0 bridgehead atoms. The summed E-state index contributed by atoms with van der Waals surface area (Å²) in [4.78, 5) is 29.1. The molecule has 4 aromatic rings. The van der Waals surface area contributed by atoms with Gasteiger partial charge in [-0.05, 0) is 61.1 Å². The third kappa shape index (κ3) is 6.95. The molecule has 0 saturated carbocycles. The van der Waals surface area contributed by atoms with E-state index in [0.29, 0.717) is 36.2 Å². The zero-order valence-corrected chi connectivity index (χ0v) is 24.5. The molecule has 46 heavy (non-hydrogen) atoms. The summed E-state index contributed by atoms with van der Waals surface area (Å²) in [6.07, 6.45) is -6.74. The number of alkyl halides is 5. The molecule has 2 aromatic heterocycles. The minimum absolute atomic E-state index is 0.0411. The van der Waals surface area contributed by atoms with Crippen LogP contribution in [-0.2, 0) is 17.5 Å². The summed E-state index contributed by atoms with van der Waals surface area (Å²) in [6, 6.07) is 15.5. The van der Waals surface area contributed by atoms with E-state index in [2.05, 4.69) is 10.1 Å². The van der Waals surface area contributed by atoms with Crippen LogP contribution >= 0.6 is 0 Å². The van der Waals surface area contributed by atoms with Crippen molar-refractivity contribution in [3.8, 4) is 22.8 Å². The number of hydrogen-bond donors (Lipinski definition) is 1. The highest BCUT2D eigenvalue weighted by atomic mass is 19.4. The van der Waals surface area contributed by atoms with E-state index in [1.807, 2.05) is 12.1 Å². The molecule has 1 fully saturated rings. The van der Waals surface area contributed by atoms with Gasteiger partial charge in [0, 0.05) is 18.7 Å². The normalized spacial score (nSPS) is 14.0. The van der Waals surface area contributed by atoms with Crippen LogP contribution in [0.2, 0.25) is 0 Å². The molecule has 0 atom stereocenters. The number of carboxylic acid groups (broad SMARTS) is 1. The maximum atomic E-state index is 14.1. The first kappa shape index (κ1) is 32.4. The number of nitrogens with zero attached hydrogens (tertiary/aromatic N) is 4. The molecule has 0 aliphatic carbocycles. The molecule has 2 aromatic carbocycles. The van der Waals surface area contributed by atoms with E-state index in [9.17, 15) is 36.6 Å². The lowest BCUT2D eigenvalue weighted by Gasteiger charge is -2.30. The molecule has 3 heterocycles. The molecule has 1 aliphatic rings. The minimum Gasteiger partial charge on any atom is -0.488 e. The van der Waals surface area contributed by atoms with Crippen molar-refractivity contribution in [2.75, 3.05) is 19.7 Å². The van der Waals surface area contributed by atoms with Gasteiger partial charge < -0.3 is 19.5 Å². The van der Waals surface area contributed by atoms with Crippen LogP contribution in [0.1, 0.15) is 64.9 Å². The second-order valence-electron chi connectivity index (χ2n) is 10.5. The number of esters is 1. The Labute approximate surface area is 260 Å². The van der Waals surface area contributed by atoms with Crippen LogP contribution in [0.4, 0.5) is 26.7 Å². The van der Waals surface area contributed by atoms with E-state index < -0.39 is 41.5 Å². The lowest BCUT2D eigenvalue weighted by atomic mass is 9.89. The fraction of sp³-hybridized carbons (Fsp3) is 0.312. The fourth-order valence-electron chi connectivity index (χ4n) is 5.38. The predicted octanol–water partition coefficient (Wildman–Crippen LogP) is 7.50. The molecule has 1 saturated heterocycles. The standard InChI is InChI=1S/C32H29F5N4O5/c1-2-45-30(42)24-17-38-41(28(24)32(35,36)37)26-8-4-7-25(39-26)22-5-3-6-23(29(33)34)27(22)46-18-19-9-11-20(12-10-19)21-13-15-40(16-14-21)31(43)44/h3-12,17,21,29H,2,13-16,18H2,1H3,(H,43,44). The smallest absolute Gasteiger partial charge is 0.434 e. The highest BCUT2D eigenvalue weighted by Gasteiger charge is 2.41. The topological polar surface area (TPSA) is 107 Å². The van der Waals surface area contributed by atoms with Gasteiger partial charge in [0.2, 0.25) is 0 Å². The van der Waals surface area contributed by atoms with Crippen LogP contribution in [0.5, 0.6) is 5.75 Å². The number of hydrogen-bond acceptors (Lipinski definition) is 6. The van der Waals surface area contributed by atoms with Gasteiger partial charge >= 0.3 is 18.2 Å². The molecule has 242 valence electrons. The van der Waals surface area contributed by atoms with Crippen molar-refractivity contribution >= 4 is 12.1 Å². The van der Waals surface area contributed by atoms with Crippen molar-refractivity contribution in [2.24, 2.45) is 0 Å². The number of amides is 1. The van der Waals surface area contributed by atoms with Gasteiger partial charge in [0.1, 0.15) is 17.9 Å². The minimum atomic E-state index is -4.99. The number of carbonyl (C=O) groups is 2. The first-order valence-corrected chi connectivity index (χ1v) is 14.4. The van der Waals surface area contributed by atoms with Crippen LogP contribution in [0.15, 0.2) is 66.9 Å². The zero-order valence-electron chi connectivity index (χ0n) is 24.5. The number of halogens is 5. The summed E-state index contributed by atoms with van der Waals surface area (Å²) >= 11 is 0. The summed E-state index contributed by atoms with van der Waals surface area (Å²) in [5, 5.41) is 12.9. The van der Waals surface area contributed by atoms with E-state index in [4.69, 9.17) is 9.47 Å². The SMILES string of the molecule is CCOC(=O)c1cnn(-c2cccc(-c3cccc(C(F)F)c3OCc3ccc(C4CCN(C(=O)O)CC4)cc3)n2)c1C(F)(F)F.